The summed E-state index contributed by atoms with van der Waals surface area (Å²) in [6.07, 6.45) is -5.82. The standard InChI is InChI=1S/C24H17F3N6O2/c1-14-2-4-15(5-3-14)22(34)29-17-7-9-18(10-8-17)33-20-11-6-16(23(35)31-32-28)12-19(20)30-21(33)13-24(25,26)27/h2-12H,13H2,1H3,(H,29,34). The molecule has 0 aliphatic rings. The fourth-order valence-electron chi connectivity index (χ4n) is 3.55. The molecule has 2 amide bonds. The van der Waals surface area contributed by atoms with Crippen molar-refractivity contribution in [2.75, 3.05) is 5.32 Å². The number of amides is 2. The van der Waals surface area contributed by atoms with E-state index in [1.165, 1.54) is 22.8 Å². The topological polar surface area (TPSA) is 113 Å². The number of nitrogens with zero attached hydrogens (tertiary/aromatic N) is 5. The lowest BCUT2D eigenvalue weighted by Gasteiger charge is -2.12. The molecule has 3 aromatic carbocycles. The molecule has 0 saturated heterocycles. The van der Waals surface area contributed by atoms with Gasteiger partial charge in [-0.1, -0.05) is 17.7 Å². The van der Waals surface area contributed by atoms with E-state index < -0.39 is 18.5 Å². The van der Waals surface area contributed by atoms with Crippen LogP contribution in [-0.4, -0.2) is 27.5 Å². The molecule has 0 unspecified atom stereocenters. The van der Waals surface area contributed by atoms with Gasteiger partial charge in [0.1, 0.15) is 12.2 Å². The number of carbonyl (C=O) groups excluding carboxylic acids is 2. The number of aromatic nitrogens is 2. The van der Waals surface area contributed by atoms with Crippen LogP contribution in [-0.2, 0) is 6.42 Å². The maximum atomic E-state index is 13.3. The molecule has 0 bridgehead atoms. The lowest BCUT2D eigenvalue weighted by atomic mass is 10.1. The Hall–Kier alpha value is -4.63. The molecule has 0 atom stereocenters. The first-order valence-corrected chi connectivity index (χ1v) is 10.3. The molecule has 176 valence electrons. The second kappa shape index (κ2) is 9.32. The van der Waals surface area contributed by atoms with Crippen LogP contribution < -0.4 is 5.32 Å². The van der Waals surface area contributed by atoms with Gasteiger partial charge in [0, 0.05) is 27.4 Å². The van der Waals surface area contributed by atoms with Gasteiger partial charge in [0.15, 0.2) is 0 Å². The Morgan fingerprint density at radius 1 is 1.03 bits per heavy atom. The van der Waals surface area contributed by atoms with Gasteiger partial charge in [-0.2, -0.15) is 13.2 Å². The second-order valence-corrected chi connectivity index (χ2v) is 7.72. The number of nitrogens with one attached hydrogen (secondary N) is 1. The van der Waals surface area contributed by atoms with Crippen LogP contribution in [0.5, 0.6) is 0 Å². The summed E-state index contributed by atoms with van der Waals surface area (Å²) in [5.41, 5.74) is 11.3. The predicted molar refractivity (Wildman–Crippen MR) is 123 cm³/mol. The zero-order valence-corrected chi connectivity index (χ0v) is 18.2. The number of carbonyl (C=O) groups is 2. The van der Waals surface area contributed by atoms with Gasteiger partial charge in [-0.05, 0) is 72.2 Å². The van der Waals surface area contributed by atoms with Gasteiger partial charge in [-0.25, -0.2) is 4.98 Å². The highest BCUT2D eigenvalue weighted by Gasteiger charge is 2.31. The van der Waals surface area contributed by atoms with E-state index in [9.17, 15) is 22.8 Å². The van der Waals surface area contributed by atoms with E-state index in [1.54, 1.807) is 36.4 Å². The van der Waals surface area contributed by atoms with Crippen LogP contribution in [0.2, 0.25) is 0 Å². The highest BCUT2D eigenvalue weighted by atomic mass is 19.4. The number of fused-ring (bicyclic) bond motifs is 1. The first-order valence-electron chi connectivity index (χ1n) is 10.3. The van der Waals surface area contributed by atoms with Gasteiger partial charge in [0.25, 0.3) is 5.91 Å². The van der Waals surface area contributed by atoms with Crippen molar-refractivity contribution in [3.8, 4) is 5.69 Å². The summed E-state index contributed by atoms with van der Waals surface area (Å²) < 4.78 is 41.1. The minimum Gasteiger partial charge on any atom is -0.322 e. The average Bonchev–Trinajstić information content (AvgIpc) is 3.15. The minimum absolute atomic E-state index is 0.00711. The lowest BCUT2D eigenvalue weighted by molar-refractivity contribution is -0.128. The van der Waals surface area contributed by atoms with Crippen molar-refractivity contribution >= 4 is 28.5 Å². The molecule has 4 aromatic rings. The van der Waals surface area contributed by atoms with Crippen LogP contribution in [0.3, 0.4) is 0 Å². The van der Waals surface area contributed by atoms with E-state index in [0.29, 0.717) is 22.5 Å². The number of benzene rings is 3. The smallest absolute Gasteiger partial charge is 0.322 e. The molecular formula is C24H17F3N6O2. The van der Waals surface area contributed by atoms with Crippen molar-refractivity contribution in [3.63, 3.8) is 0 Å². The summed E-state index contributed by atoms with van der Waals surface area (Å²) in [5.74, 6) is -1.46. The predicted octanol–water partition coefficient (Wildman–Crippen LogP) is 6.14. The number of alkyl halides is 3. The van der Waals surface area contributed by atoms with Gasteiger partial charge < -0.3 is 5.32 Å². The maximum Gasteiger partial charge on any atom is 0.396 e. The molecule has 4 rings (SSSR count). The third-order valence-electron chi connectivity index (χ3n) is 5.16. The highest BCUT2D eigenvalue weighted by Crippen LogP contribution is 2.28. The molecule has 1 N–H and O–H groups in total. The van der Waals surface area contributed by atoms with Gasteiger partial charge in [0.05, 0.1) is 11.0 Å². The molecule has 35 heavy (non-hydrogen) atoms. The van der Waals surface area contributed by atoms with E-state index in [1.807, 2.05) is 19.1 Å². The maximum absolute atomic E-state index is 13.3. The summed E-state index contributed by atoms with van der Waals surface area (Å²) >= 11 is 0. The van der Waals surface area contributed by atoms with Crippen molar-refractivity contribution in [3.05, 3.63) is 99.7 Å². The molecule has 0 aliphatic carbocycles. The number of imidazole rings is 1. The quantitative estimate of drug-likeness (QED) is 0.211. The number of aryl methyl sites for hydroxylation is 1. The summed E-state index contributed by atoms with van der Waals surface area (Å²) in [6.45, 7) is 1.91. The summed E-state index contributed by atoms with van der Waals surface area (Å²) in [7, 11) is 0. The Balaban J connectivity index is 1.69. The summed E-state index contributed by atoms with van der Waals surface area (Å²) in [6, 6.07) is 17.4. The van der Waals surface area contributed by atoms with E-state index in [0.717, 1.165) is 5.56 Å². The Kier molecular flexibility index (Phi) is 6.26. The largest absolute Gasteiger partial charge is 0.396 e. The molecule has 1 heterocycles. The molecule has 0 saturated carbocycles. The molecule has 8 nitrogen and oxygen atoms in total. The first-order chi connectivity index (χ1) is 16.6. The number of hydrogen-bond donors (Lipinski definition) is 1. The van der Waals surface area contributed by atoms with E-state index >= 15 is 0 Å². The van der Waals surface area contributed by atoms with Crippen LogP contribution in [0.25, 0.3) is 27.2 Å². The van der Waals surface area contributed by atoms with Gasteiger partial charge in [0.2, 0.25) is 5.91 Å². The average molecular weight is 478 g/mol. The zero-order valence-electron chi connectivity index (χ0n) is 18.2. The van der Waals surface area contributed by atoms with Crippen molar-refractivity contribution in [2.24, 2.45) is 5.11 Å². The van der Waals surface area contributed by atoms with Crippen molar-refractivity contribution < 1.29 is 22.8 Å². The van der Waals surface area contributed by atoms with Crippen molar-refractivity contribution in [1.82, 2.24) is 9.55 Å². The van der Waals surface area contributed by atoms with Crippen LogP contribution in [0, 0.1) is 6.92 Å². The Morgan fingerprint density at radius 3 is 2.31 bits per heavy atom. The third kappa shape index (κ3) is 5.31. The number of halogens is 3. The number of hydrogen-bond acceptors (Lipinski definition) is 3. The molecule has 0 fully saturated rings. The molecule has 1 aromatic heterocycles. The van der Waals surface area contributed by atoms with Gasteiger partial charge >= 0.3 is 6.18 Å². The van der Waals surface area contributed by atoms with E-state index in [2.05, 4.69) is 20.3 Å². The van der Waals surface area contributed by atoms with Crippen LogP contribution in [0.1, 0.15) is 32.1 Å². The van der Waals surface area contributed by atoms with Gasteiger partial charge in [-0.15, -0.1) is 0 Å². The zero-order chi connectivity index (χ0) is 25.2. The first kappa shape index (κ1) is 23.5. The van der Waals surface area contributed by atoms with Crippen LogP contribution >= 0.6 is 0 Å². The van der Waals surface area contributed by atoms with Crippen molar-refractivity contribution in [2.45, 2.75) is 19.5 Å². The summed E-state index contributed by atoms with van der Waals surface area (Å²) in [4.78, 5) is 30.8. The van der Waals surface area contributed by atoms with Gasteiger partial charge in [-0.3, -0.25) is 14.2 Å². The van der Waals surface area contributed by atoms with Crippen molar-refractivity contribution in [1.29, 1.82) is 0 Å². The summed E-state index contributed by atoms with van der Waals surface area (Å²) in [5, 5.41) is 5.75. The fourth-order valence-corrected chi connectivity index (χ4v) is 3.55. The molecule has 0 aliphatic heterocycles. The second-order valence-electron chi connectivity index (χ2n) is 7.72. The molecular weight excluding hydrogens is 461 g/mol. The third-order valence-corrected chi connectivity index (χ3v) is 5.16. The Bertz CT molecular complexity index is 1470. The molecule has 0 radical (unpaired) electrons. The highest BCUT2D eigenvalue weighted by molar-refractivity contribution is 6.04. The molecule has 0 spiro atoms. The minimum atomic E-state index is -4.52. The monoisotopic (exact) mass is 478 g/mol. The SMILES string of the molecule is Cc1ccc(C(=O)Nc2ccc(-n3c(CC(F)(F)F)nc4cc(C(=O)N=[N+]=[N-])ccc43)cc2)cc1. The Labute approximate surface area is 196 Å². The number of rotatable bonds is 5. The Morgan fingerprint density at radius 2 is 1.69 bits per heavy atom. The van der Waals surface area contributed by atoms with E-state index in [4.69, 9.17) is 5.53 Å². The van der Waals surface area contributed by atoms with Crippen LogP contribution in [0.15, 0.2) is 71.8 Å². The molecule has 11 heteroatoms. The lowest BCUT2D eigenvalue weighted by Crippen LogP contribution is -2.16. The normalized spacial score (nSPS) is 11.2. The number of anilines is 1. The van der Waals surface area contributed by atoms with E-state index in [-0.39, 0.29) is 22.8 Å². The number of azide groups is 1. The van der Waals surface area contributed by atoms with Crippen LogP contribution in [0.4, 0.5) is 18.9 Å². The fraction of sp³-hybridized carbons (Fsp3) is 0.125.